The molecule has 2 aromatic rings. The van der Waals surface area contributed by atoms with Crippen molar-refractivity contribution in [2.45, 2.75) is 59.4 Å². The molecule has 1 amide bonds. The van der Waals surface area contributed by atoms with Crippen LogP contribution in [-0.2, 0) is 4.79 Å². The van der Waals surface area contributed by atoms with E-state index < -0.39 is 0 Å². The van der Waals surface area contributed by atoms with Gasteiger partial charge in [0.15, 0.2) is 6.29 Å². The van der Waals surface area contributed by atoms with E-state index in [2.05, 4.69) is 11.9 Å². The predicted molar refractivity (Wildman–Crippen MR) is 116 cm³/mol. The number of nitrogens with zero attached hydrogens (tertiary/aromatic N) is 2. The molecule has 150 valence electrons. The summed E-state index contributed by atoms with van der Waals surface area (Å²) in [5.41, 5.74) is 8.35. The molecule has 6 heteroatoms. The first-order valence-corrected chi connectivity index (χ1v) is 10.8. The number of anilines is 2. The van der Waals surface area contributed by atoms with Gasteiger partial charge in [-0.15, -0.1) is 11.3 Å². The van der Waals surface area contributed by atoms with Crippen LogP contribution in [0.5, 0.6) is 0 Å². The van der Waals surface area contributed by atoms with Crippen LogP contribution in [0, 0.1) is 18.8 Å². The standard InChI is InChI=1S/C22H29N3O2S/c1-13(2)25(22(27)16-7-5-14(3)6-8-16)18-10-19(28-20(18)12-26)17-9-15(4)21(23)24-11-17/h9-14,16H,5-8H2,1-4H3,(H2,23,24). The summed E-state index contributed by atoms with van der Waals surface area (Å²) in [5, 5.41) is 0. The van der Waals surface area contributed by atoms with E-state index in [4.69, 9.17) is 5.73 Å². The molecule has 1 aliphatic carbocycles. The van der Waals surface area contributed by atoms with Crippen molar-refractivity contribution in [2.75, 3.05) is 10.6 Å². The topological polar surface area (TPSA) is 76.3 Å². The van der Waals surface area contributed by atoms with Crippen LogP contribution in [0.25, 0.3) is 10.4 Å². The molecule has 0 spiro atoms. The van der Waals surface area contributed by atoms with E-state index in [1.807, 2.05) is 37.8 Å². The Morgan fingerprint density at radius 3 is 2.54 bits per heavy atom. The molecule has 2 heterocycles. The molecule has 3 rings (SSSR count). The van der Waals surface area contributed by atoms with E-state index in [0.29, 0.717) is 22.3 Å². The summed E-state index contributed by atoms with van der Waals surface area (Å²) in [4.78, 5) is 32.7. The van der Waals surface area contributed by atoms with Crippen molar-refractivity contribution in [3.8, 4) is 10.4 Å². The summed E-state index contributed by atoms with van der Waals surface area (Å²) in [5.74, 6) is 1.38. The maximum Gasteiger partial charge on any atom is 0.230 e. The van der Waals surface area contributed by atoms with Gasteiger partial charge in [0.1, 0.15) is 5.82 Å². The first-order valence-electron chi connectivity index (χ1n) is 9.96. The zero-order valence-corrected chi connectivity index (χ0v) is 17.9. The molecule has 0 saturated heterocycles. The van der Waals surface area contributed by atoms with E-state index in [0.717, 1.165) is 48.0 Å². The number of hydrogen-bond donors (Lipinski definition) is 1. The van der Waals surface area contributed by atoms with Crippen molar-refractivity contribution in [1.29, 1.82) is 0 Å². The van der Waals surface area contributed by atoms with Gasteiger partial charge in [0.25, 0.3) is 0 Å². The molecule has 0 atom stereocenters. The van der Waals surface area contributed by atoms with Gasteiger partial charge in [-0.1, -0.05) is 6.92 Å². The third-order valence-electron chi connectivity index (χ3n) is 5.63. The summed E-state index contributed by atoms with van der Waals surface area (Å²) < 4.78 is 0. The monoisotopic (exact) mass is 399 g/mol. The van der Waals surface area contributed by atoms with E-state index in [1.165, 1.54) is 11.3 Å². The second-order valence-corrected chi connectivity index (χ2v) is 9.25. The molecule has 1 fully saturated rings. The number of thiophene rings is 1. The minimum atomic E-state index is -0.0146. The van der Waals surface area contributed by atoms with Gasteiger partial charge in [-0.25, -0.2) is 4.98 Å². The number of carbonyl (C=O) groups excluding carboxylic acids is 2. The highest BCUT2D eigenvalue weighted by molar-refractivity contribution is 7.17. The van der Waals surface area contributed by atoms with Crippen LogP contribution in [-0.4, -0.2) is 23.2 Å². The Kier molecular flexibility index (Phi) is 6.18. The third kappa shape index (κ3) is 4.12. The van der Waals surface area contributed by atoms with Gasteiger partial charge in [-0.3, -0.25) is 9.59 Å². The molecule has 1 saturated carbocycles. The Morgan fingerprint density at radius 2 is 1.96 bits per heavy atom. The Morgan fingerprint density at radius 1 is 1.29 bits per heavy atom. The molecular weight excluding hydrogens is 370 g/mol. The average molecular weight is 400 g/mol. The highest BCUT2D eigenvalue weighted by Crippen LogP contribution is 2.39. The zero-order valence-electron chi connectivity index (χ0n) is 17.1. The number of nitrogen functional groups attached to an aromatic ring is 1. The van der Waals surface area contributed by atoms with Crippen molar-refractivity contribution < 1.29 is 9.59 Å². The number of carbonyl (C=O) groups is 2. The van der Waals surface area contributed by atoms with E-state index >= 15 is 0 Å². The van der Waals surface area contributed by atoms with Crippen LogP contribution in [0.15, 0.2) is 18.3 Å². The molecule has 5 nitrogen and oxygen atoms in total. The Balaban J connectivity index is 1.96. The van der Waals surface area contributed by atoms with Gasteiger partial charge in [0.2, 0.25) is 5.91 Å². The maximum atomic E-state index is 13.3. The number of aldehydes is 1. The second kappa shape index (κ2) is 8.43. The first-order chi connectivity index (χ1) is 13.3. The van der Waals surface area contributed by atoms with Crippen LogP contribution >= 0.6 is 11.3 Å². The van der Waals surface area contributed by atoms with Gasteiger partial charge in [-0.05, 0) is 70.1 Å². The molecule has 28 heavy (non-hydrogen) atoms. The van der Waals surface area contributed by atoms with Gasteiger partial charge in [0, 0.05) is 28.6 Å². The molecule has 0 aliphatic heterocycles. The lowest BCUT2D eigenvalue weighted by molar-refractivity contribution is -0.123. The molecule has 0 aromatic carbocycles. The molecule has 0 radical (unpaired) electrons. The minimum Gasteiger partial charge on any atom is -0.383 e. The van der Waals surface area contributed by atoms with Crippen molar-refractivity contribution in [1.82, 2.24) is 4.98 Å². The summed E-state index contributed by atoms with van der Waals surface area (Å²) in [6.07, 6.45) is 6.61. The van der Waals surface area contributed by atoms with E-state index in [1.54, 1.807) is 6.20 Å². The quantitative estimate of drug-likeness (QED) is 0.711. The highest BCUT2D eigenvalue weighted by atomic mass is 32.1. The highest BCUT2D eigenvalue weighted by Gasteiger charge is 2.32. The number of pyridine rings is 1. The molecule has 1 aliphatic rings. The lowest BCUT2D eigenvalue weighted by Gasteiger charge is -2.33. The van der Waals surface area contributed by atoms with Gasteiger partial charge in [-0.2, -0.15) is 0 Å². The largest absolute Gasteiger partial charge is 0.383 e. The fourth-order valence-corrected chi connectivity index (χ4v) is 4.83. The van der Waals surface area contributed by atoms with Crippen LogP contribution < -0.4 is 10.6 Å². The normalized spacial score (nSPS) is 19.6. The van der Waals surface area contributed by atoms with Gasteiger partial charge in [0.05, 0.1) is 10.6 Å². The summed E-state index contributed by atoms with van der Waals surface area (Å²) >= 11 is 1.39. The summed E-state index contributed by atoms with van der Waals surface area (Å²) in [7, 11) is 0. The number of aromatic nitrogens is 1. The Labute approximate surface area is 171 Å². The summed E-state index contributed by atoms with van der Waals surface area (Å²) in [6, 6.07) is 3.90. The predicted octanol–water partition coefficient (Wildman–Crippen LogP) is 5.08. The van der Waals surface area contributed by atoms with Crippen molar-refractivity contribution >= 4 is 35.0 Å². The van der Waals surface area contributed by atoms with Gasteiger partial charge < -0.3 is 10.6 Å². The molecular formula is C22H29N3O2S. The first kappa shape index (κ1) is 20.5. The van der Waals surface area contributed by atoms with Gasteiger partial charge >= 0.3 is 0 Å². The number of nitrogens with two attached hydrogens (primary N) is 1. The average Bonchev–Trinajstić information content (AvgIpc) is 3.08. The van der Waals surface area contributed by atoms with Crippen LogP contribution in [0.3, 0.4) is 0 Å². The molecule has 0 unspecified atom stereocenters. The number of rotatable bonds is 5. The smallest absolute Gasteiger partial charge is 0.230 e. The third-order valence-corrected chi connectivity index (χ3v) is 6.73. The minimum absolute atomic E-state index is 0.0146. The van der Waals surface area contributed by atoms with E-state index in [-0.39, 0.29) is 17.9 Å². The molecule has 2 aromatic heterocycles. The van der Waals surface area contributed by atoms with Crippen molar-refractivity contribution in [3.05, 3.63) is 28.8 Å². The van der Waals surface area contributed by atoms with Crippen molar-refractivity contribution in [2.24, 2.45) is 11.8 Å². The van der Waals surface area contributed by atoms with Crippen LogP contribution in [0.1, 0.15) is 61.7 Å². The lowest BCUT2D eigenvalue weighted by atomic mass is 9.82. The Hall–Kier alpha value is -2.21. The number of amides is 1. The molecule has 2 N–H and O–H groups in total. The van der Waals surface area contributed by atoms with E-state index in [9.17, 15) is 9.59 Å². The second-order valence-electron chi connectivity index (χ2n) is 8.16. The fourth-order valence-electron chi connectivity index (χ4n) is 3.89. The SMILES string of the molecule is Cc1cc(-c2cc(N(C(=O)C3CCC(C)CC3)C(C)C)c(C=O)s2)cnc1N. The number of hydrogen-bond acceptors (Lipinski definition) is 5. The summed E-state index contributed by atoms with van der Waals surface area (Å²) in [6.45, 7) is 8.17. The zero-order chi connectivity index (χ0) is 20.4. The molecule has 0 bridgehead atoms. The van der Waals surface area contributed by atoms with Crippen LogP contribution in [0.2, 0.25) is 0 Å². The number of aryl methyl sites for hydroxylation is 1. The van der Waals surface area contributed by atoms with Crippen molar-refractivity contribution in [3.63, 3.8) is 0 Å². The lowest BCUT2D eigenvalue weighted by Crippen LogP contribution is -2.42. The fraction of sp³-hybridized carbons (Fsp3) is 0.500. The van der Waals surface area contributed by atoms with Crippen LogP contribution in [0.4, 0.5) is 11.5 Å². The Bertz CT molecular complexity index is 867. The maximum absolute atomic E-state index is 13.3.